The van der Waals surface area contributed by atoms with Crippen molar-refractivity contribution in [3.8, 4) is 0 Å². The number of benzene rings is 1. The zero-order valence-electron chi connectivity index (χ0n) is 17.6. The SMILES string of the molecule is CC(C)n1cnc2c1[C@@H](C(=O)NCCCN(C)C)N(Cc1ccccc1)CC2. The largest absolute Gasteiger partial charge is 0.354 e. The second-order valence-corrected chi connectivity index (χ2v) is 8.13. The third-order valence-corrected chi connectivity index (χ3v) is 5.29. The minimum atomic E-state index is -0.298. The lowest BCUT2D eigenvalue weighted by Crippen LogP contribution is -2.45. The summed E-state index contributed by atoms with van der Waals surface area (Å²) >= 11 is 0. The molecule has 1 aromatic heterocycles. The Labute approximate surface area is 168 Å². The van der Waals surface area contributed by atoms with Crippen molar-refractivity contribution in [2.75, 3.05) is 33.7 Å². The minimum Gasteiger partial charge on any atom is -0.354 e. The summed E-state index contributed by atoms with van der Waals surface area (Å²) in [7, 11) is 4.11. The van der Waals surface area contributed by atoms with Crippen LogP contribution in [0.15, 0.2) is 36.7 Å². The smallest absolute Gasteiger partial charge is 0.243 e. The van der Waals surface area contributed by atoms with Gasteiger partial charge in [-0.1, -0.05) is 30.3 Å². The van der Waals surface area contributed by atoms with Gasteiger partial charge in [0.2, 0.25) is 5.91 Å². The summed E-state index contributed by atoms with van der Waals surface area (Å²) in [6.45, 7) is 7.55. The number of hydrogen-bond acceptors (Lipinski definition) is 4. The molecule has 2 aromatic rings. The highest BCUT2D eigenvalue weighted by Gasteiger charge is 2.36. The van der Waals surface area contributed by atoms with Crippen molar-refractivity contribution >= 4 is 5.91 Å². The molecule has 1 N–H and O–H groups in total. The van der Waals surface area contributed by atoms with Crippen molar-refractivity contribution in [3.05, 3.63) is 53.6 Å². The van der Waals surface area contributed by atoms with E-state index in [1.165, 1.54) is 5.56 Å². The minimum absolute atomic E-state index is 0.0815. The van der Waals surface area contributed by atoms with Crippen LogP contribution < -0.4 is 5.32 Å². The van der Waals surface area contributed by atoms with Crippen LogP contribution in [0.2, 0.25) is 0 Å². The molecule has 0 saturated heterocycles. The van der Waals surface area contributed by atoms with E-state index in [-0.39, 0.29) is 18.0 Å². The van der Waals surface area contributed by atoms with Gasteiger partial charge in [0.25, 0.3) is 0 Å². The lowest BCUT2D eigenvalue weighted by atomic mass is 10.00. The molecule has 0 spiro atoms. The third-order valence-electron chi connectivity index (χ3n) is 5.29. The number of hydrogen-bond donors (Lipinski definition) is 1. The summed E-state index contributed by atoms with van der Waals surface area (Å²) < 4.78 is 2.16. The van der Waals surface area contributed by atoms with E-state index in [1.807, 2.05) is 12.4 Å². The number of nitrogens with one attached hydrogen (secondary N) is 1. The standard InChI is InChI=1S/C22H33N5O/c1-17(2)27-16-24-19-11-14-26(15-18-9-6-5-7-10-18)21(20(19)27)22(28)23-12-8-13-25(3)4/h5-7,9-10,16-17,21H,8,11-15H2,1-4H3,(H,23,28)/t21-/m0/s1. The van der Waals surface area contributed by atoms with Crippen LogP contribution in [0.3, 0.4) is 0 Å². The van der Waals surface area contributed by atoms with Gasteiger partial charge in [0.05, 0.1) is 17.7 Å². The fourth-order valence-electron chi connectivity index (χ4n) is 3.85. The predicted molar refractivity (Wildman–Crippen MR) is 112 cm³/mol. The molecule has 0 aliphatic carbocycles. The molecule has 0 saturated carbocycles. The molecule has 6 heteroatoms. The van der Waals surface area contributed by atoms with Crippen molar-refractivity contribution in [2.24, 2.45) is 0 Å². The third kappa shape index (κ3) is 4.80. The molecule has 6 nitrogen and oxygen atoms in total. The Bertz CT molecular complexity index is 768. The number of imidazole rings is 1. The Morgan fingerprint density at radius 1 is 1.29 bits per heavy atom. The van der Waals surface area contributed by atoms with Crippen LogP contribution in [0.1, 0.15) is 49.3 Å². The first-order valence-corrected chi connectivity index (χ1v) is 10.2. The molecule has 1 aromatic carbocycles. The molecule has 1 aliphatic rings. The van der Waals surface area contributed by atoms with Crippen LogP contribution in [0.25, 0.3) is 0 Å². The average Bonchev–Trinajstić information content (AvgIpc) is 3.10. The van der Waals surface area contributed by atoms with Gasteiger partial charge in [0.1, 0.15) is 6.04 Å². The van der Waals surface area contributed by atoms with E-state index in [0.29, 0.717) is 6.54 Å². The molecule has 152 valence electrons. The maximum absolute atomic E-state index is 13.3. The van der Waals surface area contributed by atoms with Gasteiger partial charge < -0.3 is 14.8 Å². The number of fused-ring (bicyclic) bond motifs is 1. The lowest BCUT2D eigenvalue weighted by molar-refractivity contribution is -0.127. The number of rotatable bonds is 8. The Kier molecular flexibility index (Phi) is 6.86. The normalized spacial score (nSPS) is 17.1. The first-order chi connectivity index (χ1) is 13.5. The molecule has 2 heterocycles. The number of carbonyl (C=O) groups excluding carboxylic acids is 1. The maximum Gasteiger partial charge on any atom is 0.243 e. The van der Waals surface area contributed by atoms with Gasteiger partial charge in [-0.3, -0.25) is 9.69 Å². The molecule has 3 rings (SSSR count). The molecule has 0 radical (unpaired) electrons. The highest BCUT2D eigenvalue weighted by molar-refractivity contribution is 5.83. The topological polar surface area (TPSA) is 53.4 Å². The monoisotopic (exact) mass is 383 g/mol. The first-order valence-electron chi connectivity index (χ1n) is 10.2. The second-order valence-electron chi connectivity index (χ2n) is 8.13. The summed E-state index contributed by atoms with van der Waals surface area (Å²) in [5.74, 6) is 0.0815. The summed E-state index contributed by atoms with van der Waals surface area (Å²) in [5.41, 5.74) is 3.35. The van der Waals surface area contributed by atoms with Crippen molar-refractivity contribution in [3.63, 3.8) is 0 Å². The molecule has 1 amide bonds. The summed E-state index contributed by atoms with van der Waals surface area (Å²) in [5, 5.41) is 3.17. The molecular formula is C22H33N5O. The molecule has 0 bridgehead atoms. The van der Waals surface area contributed by atoms with Gasteiger partial charge in [0, 0.05) is 32.1 Å². The van der Waals surface area contributed by atoms with Gasteiger partial charge in [-0.2, -0.15) is 0 Å². The van der Waals surface area contributed by atoms with Gasteiger partial charge in [-0.05, 0) is 46.5 Å². The Balaban J connectivity index is 1.83. The van der Waals surface area contributed by atoms with Gasteiger partial charge in [0.15, 0.2) is 0 Å². The van der Waals surface area contributed by atoms with Crippen molar-refractivity contribution in [2.45, 2.75) is 45.3 Å². The van der Waals surface area contributed by atoms with Crippen LogP contribution >= 0.6 is 0 Å². The van der Waals surface area contributed by atoms with Gasteiger partial charge >= 0.3 is 0 Å². The molecular weight excluding hydrogens is 350 g/mol. The molecule has 1 atom stereocenters. The van der Waals surface area contributed by atoms with E-state index in [9.17, 15) is 4.79 Å². The Morgan fingerprint density at radius 2 is 2.04 bits per heavy atom. The van der Waals surface area contributed by atoms with E-state index in [1.54, 1.807) is 0 Å². The fourth-order valence-corrected chi connectivity index (χ4v) is 3.85. The van der Waals surface area contributed by atoms with Crippen LogP contribution in [-0.4, -0.2) is 59.0 Å². The van der Waals surface area contributed by atoms with Gasteiger partial charge in [-0.25, -0.2) is 4.98 Å². The van der Waals surface area contributed by atoms with Crippen LogP contribution in [0, 0.1) is 0 Å². The van der Waals surface area contributed by atoms with E-state index < -0.39 is 0 Å². The zero-order valence-corrected chi connectivity index (χ0v) is 17.6. The van der Waals surface area contributed by atoms with E-state index in [0.717, 1.165) is 43.9 Å². The highest BCUT2D eigenvalue weighted by atomic mass is 16.2. The fraction of sp³-hybridized carbons (Fsp3) is 0.545. The van der Waals surface area contributed by atoms with E-state index in [4.69, 9.17) is 0 Å². The van der Waals surface area contributed by atoms with Crippen LogP contribution in [0.5, 0.6) is 0 Å². The predicted octanol–water partition coefficient (Wildman–Crippen LogP) is 2.63. The molecule has 1 aliphatic heterocycles. The summed E-state index contributed by atoms with van der Waals surface area (Å²) in [6, 6.07) is 10.4. The van der Waals surface area contributed by atoms with E-state index in [2.05, 4.69) is 76.9 Å². The van der Waals surface area contributed by atoms with Gasteiger partial charge in [-0.15, -0.1) is 0 Å². The number of nitrogens with zero attached hydrogens (tertiary/aromatic N) is 4. The van der Waals surface area contributed by atoms with Crippen LogP contribution in [0.4, 0.5) is 0 Å². The molecule has 0 unspecified atom stereocenters. The molecule has 0 fully saturated rings. The highest BCUT2D eigenvalue weighted by Crippen LogP contribution is 2.32. The number of carbonyl (C=O) groups is 1. The molecule has 28 heavy (non-hydrogen) atoms. The lowest BCUT2D eigenvalue weighted by Gasteiger charge is -2.36. The van der Waals surface area contributed by atoms with E-state index >= 15 is 0 Å². The average molecular weight is 384 g/mol. The zero-order chi connectivity index (χ0) is 20.1. The Hall–Kier alpha value is -2.18. The van der Waals surface area contributed by atoms with Crippen LogP contribution in [-0.2, 0) is 17.8 Å². The number of amides is 1. The number of aromatic nitrogens is 2. The van der Waals surface area contributed by atoms with Crippen molar-refractivity contribution < 1.29 is 4.79 Å². The second kappa shape index (κ2) is 9.34. The summed E-state index contributed by atoms with van der Waals surface area (Å²) in [4.78, 5) is 22.3. The van der Waals surface area contributed by atoms with Crippen molar-refractivity contribution in [1.29, 1.82) is 0 Å². The Morgan fingerprint density at radius 3 is 2.71 bits per heavy atom. The maximum atomic E-state index is 13.3. The quantitative estimate of drug-likeness (QED) is 0.712. The van der Waals surface area contributed by atoms with Crippen molar-refractivity contribution in [1.82, 2.24) is 24.7 Å². The summed E-state index contributed by atoms with van der Waals surface area (Å²) in [6.07, 6.45) is 3.72. The first kappa shape index (κ1) is 20.6.